The summed E-state index contributed by atoms with van der Waals surface area (Å²) in [7, 11) is 0. The number of para-hydroxylation sites is 1. The fourth-order valence-electron chi connectivity index (χ4n) is 3.31. The van der Waals surface area contributed by atoms with Gasteiger partial charge in [-0.1, -0.05) is 35.9 Å². The van der Waals surface area contributed by atoms with E-state index in [1.54, 1.807) is 18.5 Å². The van der Waals surface area contributed by atoms with E-state index >= 15 is 0 Å². The SMILES string of the molecule is Cc1ccc(NC(=O)c2cnc(N3c4ccccc4CC3C)nc2)cc1Cl. The third-order valence-electron chi connectivity index (χ3n) is 4.75. The van der Waals surface area contributed by atoms with Gasteiger partial charge in [0, 0.05) is 34.8 Å². The molecule has 27 heavy (non-hydrogen) atoms. The highest BCUT2D eigenvalue weighted by Crippen LogP contribution is 2.36. The molecule has 1 aliphatic heterocycles. The van der Waals surface area contributed by atoms with E-state index in [1.807, 2.05) is 31.2 Å². The number of hydrogen-bond donors (Lipinski definition) is 1. The Kier molecular flexibility index (Phi) is 4.54. The summed E-state index contributed by atoms with van der Waals surface area (Å²) in [5, 5.41) is 3.43. The van der Waals surface area contributed by atoms with Crippen molar-refractivity contribution in [1.29, 1.82) is 0 Å². The van der Waals surface area contributed by atoms with Crippen LogP contribution in [0.5, 0.6) is 0 Å². The van der Waals surface area contributed by atoms with Gasteiger partial charge in [0.05, 0.1) is 5.56 Å². The van der Waals surface area contributed by atoms with Crippen LogP contribution in [-0.2, 0) is 6.42 Å². The van der Waals surface area contributed by atoms with Crippen molar-refractivity contribution >= 4 is 34.8 Å². The zero-order valence-electron chi connectivity index (χ0n) is 15.1. The molecule has 5 nitrogen and oxygen atoms in total. The number of nitrogens with one attached hydrogen (secondary N) is 1. The maximum atomic E-state index is 12.5. The molecule has 0 spiro atoms. The molecule has 0 bridgehead atoms. The molecule has 0 radical (unpaired) electrons. The number of rotatable bonds is 3. The van der Waals surface area contributed by atoms with Gasteiger partial charge in [0.1, 0.15) is 0 Å². The number of carbonyl (C=O) groups is 1. The zero-order chi connectivity index (χ0) is 19.0. The number of hydrogen-bond acceptors (Lipinski definition) is 4. The Morgan fingerprint density at radius 1 is 1.19 bits per heavy atom. The normalized spacial score (nSPS) is 15.5. The number of anilines is 3. The highest BCUT2D eigenvalue weighted by molar-refractivity contribution is 6.31. The first kappa shape index (κ1) is 17.5. The minimum absolute atomic E-state index is 0.267. The van der Waals surface area contributed by atoms with Gasteiger partial charge in [0.15, 0.2) is 0 Å². The molecule has 1 unspecified atom stereocenters. The number of carbonyl (C=O) groups excluding carboxylic acids is 1. The van der Waals surface area contributed by atoms with Gasteiger partial charge >= 0.3 is 0 Å². The molecule has 1 N–H and O–H groups in total. The largest absolute Gasteiger partial charge is 0.322 e. The Morgan fingerprint density at radius 3 is 2.67 bits per heavy atom. The van der Waals surface area contributed by atoms with Crippen LogP contribution in [0.1, 0.15) is 28.4 Å². The summed E-state index contributed by atoms with van der Waals surface area (Å²) < 4.78 is 0. The number of amides is 1. The van der Waals surface area contributed by atoms with Gasteiger partial charge in [-0.2, -0.15) is 0 Å². The Hall–Kier alpha value is -2.92. The van der Waals surface area contributed by atoms with Crippen molar-refractivity contribution < 1.29 is 4.79 Å². The summed E-state index contributed by atoms with van der Waals surface area (Å²) in [5.74, 6) is 0.332. The summed E-state index contributed by atoms with van der Waals surface area (Å²) in [4.78, 5) is 23.4. The molecular weight excluding hydrogens is 360 g/mol. The van der Waals surface area contributed by atoms with Crippen LogP contribution in [0.3, 0.4) is 0 Å². The molecular formula is C21H19ClN4O. The van der Waals surface area contributed by atoms with Crippen LogP contribution >= 0.6 is 11.6 Å². The number of aromatic nitrogens is 2. The lowest BCUT2D eigenvalue weighted by molar-refractivity contribution is 0.102. The topological polar surface area (TPSA) is 58.1 Å². The predicted molar refractivity (Wildman–Crippen MR) is 108 cm³/mol. The summed E-state index contributed by atoms with van der Waals surface area (Å²) in [6.07, 6.45) is 4.07. The number of nitrogens with zero attached hydrogens (tertiary/aromatic N) is 3. The second-order valence-corrected chi connectivity index (χ2v) is 7.15. The lowest BCUT2D eigenvalue weighted by Crippen LogP contribution is -2.26. The van der Waals surface area contributed by atoms with Crippen LogP contribution in [0.15, 0.2) is 54.9 Å². The minimum Gasteiger partial charge on any atom is -0.322 e. The molecule has 0 fully saturated rings. The van der Waals surface area contributed by atoms with E-state index in [1.165, 1.54) is 5.56 Å². The molecule has 0 saturated carbocycles. The quantitative estimate of drug-likeness (QED) is 0.713. The van der Waals surface area contributed by atoms with Gasteiger partial charge in [-0.15, -0.1) is 0 Å². The molecule has 1 aliphatic rings. The van der Waals surface area contributed by atoms with Gasteiger partial charge in [0.2, 0.25) is 5.95 Å². The van der Waals surface area contributed by atoms with E-state index < -0.39 is 0 Å². The van der Waals surface area contributed by atoms with E-state index in [4.69, 9.17) is 11.6 Å². The second kappa shape index (κ2) is 7.00. The average molecular weight is 379 g/mol. The van der Waals surface area contributed by atoms with Crippen molar-refractivity contribution in [3.63, 3.8) is 0 Å². The van der Waals surface area contributed by atoms with Gasteiger partial charge < -0.3 is 10.2 Å². The third-order valence-corrected chi connectivity index (χ3v) is 5.16. The molecule has 0 aliphatic carbocycles. The van der Waals surface area contributed by atoms with E-state index in [-0.39, 0.29) is 11.9 Å². The van der Waals surface area contributed by atoms with Crippen molar-refractivity contribution in [2.24, 2.45) is 0 Å². The summed E-state index contributed by atoms with van der Waals surface area (Å²) in [6.45, 7) is 4.06. The number of aryl methyl sites for hydroxylation is 1. The van der Waals surface area contributed by atoms with Crippen LogP contribution in [0, 0.1) is 6.92 Å². The Bertz CT molecular complexity index is 1000. The Balaban J connectivity index is 1.54. The first-order valence-corrected chi connectivity index (χ1v) is 9.17. The molecule has 4 rings (SSSR count). The van der Waals surface area contributed by atoms with Crippen LogP contribution in [0.25, 0.3) is 0 Å². The van der Waals surface area contributed by atoms with E-state index in [9.17, 15) is 4.79 Å². The molecule has 2 aromatic carbocycles. The van der Waals surface area contributed by atoms with Crippen LogP contribution in [-0.4, -0.2) is 21.9 Å². The van der Waals surface area contributed by atoms with Crippen LogP contribution in [0.2, 0.25) is 5.02 Å². The van der Waals surface area contributed by atoms with Crippen LogP contribution in [0.4, 0.5) is 17.3 Å². The van der Waals surface area contributed by atoms with Gasteiger partial charge in [-0.05, 0) is 49.6 Å². The number of halogens is 1. The van der Waals surface area contributed by atoms with Gasteiger partial charge in [-0.3, -0.25) is 4.79 Å². The Labute approximate surface area is 163 Å². The van der Waals surface area contributed by atoms with E-state index in [2.05, 4.69) is 39.2 Å². The highest BCUT2D eigenvalue weighted by Gasteiger charge is 2.28. The van der Waals surface area contributed by atoms with Crippen molar-refractivity contribution in [3.8, 4) is 0 Å². The number of benzene rings is 2. The van der Waals surface area contributed by atoms with Crippen molar-refractivity contribution in [3.05, 3.63) is 76.6 Å². The summed E-state index contributed by atoms with van der Waals surface area (Å²) in [6, 6.07) is 13.9. The lowest BCUT2D eigenvalue weighted by atomic mass is 10.1. The molecule has 3 aromatic rings. The first-order valence-electron chi connectivity index (χ1n) is 8.79. The highest BCUT2D eigenvalue weighted by atomic mass is 35.5. The summed E-state index contributed by atoms with van der Waals surface area (Å²) in [5.41, 5.74) is 4.41. The number of fused-ring (bicyclic) bond motifs is 1. The summed E-state index contributed by atoms with van der Waals surface area (Å²) >= 11 is 6.11. The average Bonchev–Trinajstić information content (AvgIpc) is 3.00. The predicted octanol–water partition coefficient (Wildman–Crippen LogP) is 4.77. The molecule has 1 atom stereocenters. The third kappa shape index (κ3) is 3.38. The molecule has 6 heteroatoms. The van der Waals surface area contributed by atoms with Gasteiger partial charge in [0.25, 0.3) is 5.91 Å². The molecule has 1 aromatic heterocycles. The smallest absolute Gasteiger partial charge is 0.258 e. The van der Waals surface area contributed by atoms with Crippen molar-refractivity contribution in [2.45, 2.75) is 26.3 Å². The fourth-order valence-corrected chi connectivity index (χ4v) is 3.49. The standard InChI is InChI=1S/C21H19ClN4O/c1-13-7-8-17(10-18(13)22)25-20(27)16-11-23-21(24-12-16)26-14(2)9-15-5-3-4-6-19(15)26/h3-8,10-12,14H,9H2,1-2H3,(H,25,27). The maximum absolute atomic E-state index is 12.5. The monoisotopic (exact) mass is 378 g/mol. The molecule has 136 valence electrons. The molecule has 1 amide bonds. The minimum atomic E-state index is -0.267. The van der Waals surface area contributed by atoms with Crippen LogP contribution < -0.4 is 10.2 Å². The zero-order valence-corrected chi connectivity index (χ0v) is 15.9. The second-order valence-electron chi connectivity index (χ2n) is 6.74. The van der Waals surface area contributed by atoms with E-state index in [0.717, 1.165) is 17.7 Å². The fraction of sp³-hybridized carbons (Fsp3) is 0.190. The molecule has 0 saturated heterocycles. The lowest BCUT2D eigenvalue weighted by Gasteiger charge is -2.22. The first-order chi connectivity index (χ1) is 13.0. The van der Waals surface area contributed by atoms with E-state index in [0.29, 0.717) is 22.2 Å². The van der Waals surface area contributed by atoms with Gasteiger partial charge in [-0.25, -0.2) is 9.97 Å². The Morgan fingerprint density at radius 2 is 1.93 bits per heavy atom. The van der Waals surface area contributed by atoms with Crippen molar-refractivity contribution in [1.82, 2.24) is 9.97 Å². The van der Waals surface area contributed by atoms with Crippen molar-refractivity contribution in [2.75, 3.05) is 10.2 Å². The maximum Gasteiger partial charge on any atom is 0.258 e. The molecule has 2 heterocycles.